The normalized spacial score (nSPS) is 11.2. The van der Waals surface area contributed by atoms with Gasteiger partial charge in [0.1, 0.15) is 18.1 Å². The van der Waals surface area contributed by atoms with Gasteiger partial charge in [-0.3, -0.25) is 15.4 Å². The SMILES string of the molecule is COc1ccc(-c2cc(-c3cccc([N+](=O)[O-])c3)nc(NC(N)=NCc3ccco3)n2)cc1. The minimum atomic E-state index is -0.451. The fourth-order valence-electron chi connectivity index (χ4n) is 3.06. The van der Waals surface area contributed by atoms with E-state index in [4.69, 9.17) is 14.9 Å². The van der Waals surface area contributed by atoms with Crippen molar-refractivity contribution in [2.24, 2.45) is 10.7 Å². The molecular weight excluding hydrogens is 424 g/mol. The minimum absolute atomic E-state index is 0.0360. The number of nitrogens with two attached hydrogens (primary N) is 1. The Balaban J connectivity index is 1.71. The fraction of sp³-hybridized carbons (Fsp3) is 0.0870. The van der Waals surface area contributed by atoms with Crippen LogP contribution in [0, 0.1) is 10.1 Å². The highest BCUT2D eigenvalue weighted by Crippen LogP contribution is 2.28. The number of benzene rings is 2. The monoisotopic (exact) mass is 444 g/mol. The Morgan fingerprint density at radius 3 is 2.52 bits per heavy atom. The zero-order valence-electron chi connectivity index (χ0n) is 17.6. The van der Waals surface area contributed by atoms with Crippen molar-refractivity contribution >= 4 is 17.6 Å². The van der Waals surface area contributed by atoms with E-state index in [1.807, 2.05) is 24.3 Å². The lowest BCUT2D eigenvalue weighted by atomic mass is 10.1. The number of aliphatic imine (C=N–C) groups is 1. The number of nitrogens with one attached hydrogen (secondary N) is 1. The van der Waals surface area contributed by atoms with E-state index < -0.39 is 4.92 Å². The largest absolute Gasteiger partial charge is 0.497 e. The van der Waals surface area contributed by atoms with Crippen LogP contribution in [0.5, 0.6) is 5.75 Å². The second-order valence-corrected chi connectivity index (χ2v) is 6.90. The molecule has 166 valence electrons. The lowest BCUT2D eigenvalue weighted by molar-refractivity contribution is -0.384. The maximum atomic E-state index is 11.2. The van der Waals surface area contributed by atoms with E-state index in [9.17, 15) is 10.1 Å². The molecule has 0 aliphatic heterocycles. The molecule has 0 amide bonds. The number of hydrogen-bond acceptors (Lipinski definition) is 7. The molecule has 2 heterocycles. The minimum Gasteiger partial charge on any atom is -0.497 e. The summed E-state index contributed by atoms with van der Waals surface area (Å²) in [7, 11) is 1.59. The summed E-state index contributed by atoms with van der Waals surface area (Å²) in [6, 6.07) is 18.9. The first kappa shape index (κ1) is 21.5. The van der Waals surface area contributed by atoms with Gasteiger partial charge in [-0.25, -0.2) is 15.0 Å². The standard InChI is InChI=1S/C23H20N6O4/c1-32-18-9-7-15(8-10-18)20-13-21(16-4-2-5-17(12-16)29(30)31)27-23(26-20)28-22(24)25-14-19-6-3-11-33-19/h2-13H,14H2,1H3,(H3,24,25,26,27,28). The third-order valence-electron chi connectivity index (χ3n) is 4.69. The van der Waals surface area contributed by atoms with Crippen molar-refractivity contribution in [2.75, 3.05) is 12.4 Å². The van der Waals surface area contributed by atoms with E-state index in [1.165, 1.54) is 12.1 Å². The van der Waals surface area contributed by atoms with E-state index in [-0.39, 0.29) is 24.1 Å². The molecule has 0 aliphatic carbocycles. The summed E-state index contributed by atoms with van der Waals surface area (Å²) < 4.78 is 10.5. The first-order valence-electron chi connectivity index (χ1n) is 9.89. The average molecular weight is 444 g/mol. The number of rotatable bonds is 7. The Hall–Kier alpha value is -4.73. The molecule has 0 unspecified atom stereocenters. The molecule has 2 aromatic carbocycles. The Kier molecular flexibility index (Phi) is 6.26. The molecule has 10 heteroatoms. The number of aromatic nitrogens is 2. The highest BCUT2D eigenvalue weighted by molar-refractivity contribution is 5.91. The molecule has 0 saturated carbocycles. The van der Waals surface area contributed by atoms with Gasteiger partial charge in [0, 0.05) is 23.3 Å². The molecule has 0 bridgehead atoms. The molecule has 0 radical (unpaired) electrons. The number of nitrogens with zero attached hydrogens (tertiary/aromatic N) is 4. The number of nitro groups is 1. The fourth-order valence-corrected chi connectivity index (χ4v) is 3.06. The summed E-state index contributed by atoms with van der Waals surface area (Å²) in [6.07, 6.45) is 1.56. The summed E-state index contributed by atoms with van der Waals surface area (Å²) in [5.74, 6) is 1.66. The zero-order valence-corrected chi connectivity index (χ0v) is 17.6. The van der Waals surface area contributed by atoms with Crippen LogP contribution in [0.3, 0.4) is 0 Å². The first-order valence-corrected chi connectivity index (χ1v) is 9.89. The summed E-state index contributed by atoms with van der Waals surface area (Å²) in [5, 5.41) is 14.1. The highest BCUT2D eigenvalue weighted by atomic mass is 16.6. The molecule has 10 nitrogen and oxygen atoms in total. The van der Waals surface area contributed by atoms with Gasteiger partial charge in [0.25, 0.3) is 5.69 Å². The number of furan rings is 1. The van der Waals surface area contributed by atoms with Crippen LogP contribution in [0.4, 0.5) is 11.6 Å². The van der Waals surface area contributed by atoms with Crippen molar-refractivity contribution in [1.82, 2.24) is 9.97 Å². The Bertz CT molecular complexity index is 1290. The van der Waals surface area contributed by atoms with Crippen LogP contribution in [0.2, 0.25) is 0 Å². The topological polar surface area (TPSA) is 142 Å². The third-order valence-corrected chi connectivity index (χ3v) is 4.69. The average Bonchev–Trinajstić information content (AvgIpc) is 3.36. The van der Waals surface area contributed by atoms with Crippen LogP contribution in [-0.2, 0) is 6.54 Å². The quantitative estimate of drug-likeness (QED) is 0.186. The molecule has 33 heavy (non-hydrogen) atoms. The predicted octanol–water partition coefficient (Wildman–Crippen LogP) is 4.25. The van der Waals surface area contributed by atoms with E-state index in [0.717, 1.165) is 5.56 Å². The van der Waals surface area contributed by atoms with Gasteiger partial charge < -0.3 is 14.9 Å². The van der Waals surface area contributed by atoms with Gasteiger partial charge in [-0.2, -0.15) is 0 Å². The van der Waals surface area contributed by atoms with Crippen molar-refractivity contribution in [1.29, 1.82) is 0 Å². The number of ether oxygens (including phenoxy) is 1. The number of non-ortho nitro benzene ring substituents is 1. The molecule has 3 N–H and O–H groups in total. The van der Waals surface area contributed by atoms with E-state index in [2.05, 4.69) is 20.3 Å². The number of guanidine groups is 1. The molecule has 0 aliphatic rings. The zero-order chi connectivity index (χ0) is 23.2. The summed E-state index contributed by atoms with van der Waals surface area (Å²) in [6.45, 7) is 0.252. The Morgan fingerprint density at radius 1 is 1.09 bits per heavy atom. The number of methoxy groups -OCH3 is 1. The summed E-state index contributed by atoms with van der Waals surface area (Å²) in [4.78, 5) is 24.0. The van der Waals surface area contributed by atoms with Crippen LogP contribution in [0.25, 0.3) is 22.5 Å². The predicted molar refractivity (Wildman–Crippen MR) is 124 cm³/mol. The Labute approximate surface area is 188 Å². The van der Waals surface area contributed by atoms with E-state index in [1.54, 1.807) is 43.7 Å². The van der Waals surface area contributed by atoms with Crippen molar-refractivity contribution in [2.45, 2.75) is 6.54 Å². The van der Waals surface area contributed by atoms with Gasteiger partial charge in [0.15, 0.2) is 5.96 Å². The van der Waals surface area contributed by atoms with Gasteiger partial charge >= 0.3 is 0 Å². The molecule has 2 aromatic heterocycles. The van der Waals surface area contributed by atoms with E-state index in [0.29, 0.717) is 28.5 Å². The first-order chi connectivity index (χ1) is 16.0. The molecule has 0 spiro atoms. The van der Waals surface area contributed by atoms with Gasteiger partial charge in [-0.15, -0.1) is 0 Å². The van der Waals surface area contributed by atoms with Crippen LogP contribution in [0.15, 0.2) is 82.4 Å². The van der Waals surface area contributed by atoms with E-state index >= 15 is 0 Å². The van der Waals surface area contributed by atoms with Crippen molar-refractivity contribution < 1.29 is 14.1 Å². The number of hydrogen-bond donors (Lipinski definition) is 2. The van der Waals surface area contributed by atoms with Crippen LogP contribution in [0.1, 0.15) is 5.76 Å². The van der Waals surface area contributed by atoms with Gasteiger partial charge in [0.05, 0.1) is 29.7 Å². The van der Waals surface area contributed by atoms with Gasteiger partial charge in [0.2, 0.25) is 5.95 Å². The van der Waals surface area contributed by atoms with Crippen LogP contribution < -0.4 is 15.8 Å². The van der Waals surface area contributed by atoms with Crippen molar-refractivity contribution in [3.8, 4) is 28.3 Å². The van der Waals surface area contributed by atoms with Gasteiger partial charge in [-0.1, -0.05) is 12.1 Å². The molecular formula is C23H20N6O4. The lowest BCUT2D eigenvalue weighted by Gasteiger charge is -2.10. The Morgan fingerprint density at radius 2 is 1.85 bits per heavy atom. The second-order valence-electron chi connectivity index (χ2n) is 6.90. The second kappa shape index (κ2) is 9.60. The number of nitro benzene ring substituents is 1. The van der Waals surface area contributed by atoms with Crippen LogP contribution >= 0.6 is 0 Å². The smallest absolute Gasteiger partial charge is 0.270 e. The molecule has 0 atom stereocenters. The lowest BCUT2D eigenvalue weighted by Crippen LogP contribution is -2.24. The highest BCUT2D eigenvalue weighted by Gasteiger charge is 2.13. The van der Waals surface area contributed by atoms with Crippen molar-refractivity contribution in [3.63, 3.8) is 0 Å². The molecule has 0 saturated heterocycles. The molecule has 4 rings (SSSR count). The summed E-state index contributed by atoms with van der Waals surface area (Å²) >= 11 is 0. The van der Waals surface area contributed by atoms with Gasteiger partial charge in [-0.05, 0) is 42.5 Å². The molecule has 4 aromatic rings. The maximum absolute atomic E-state index is 11.2. The van der Waals surface area contributed by atoms with Crippen LogP contribution in [-0.4, -0.2) is 28.0 Å². The summed E-state index contributed by atoms with van der Waals surface area (Å²) in [5.41, 5.74) is 8.43. The van der Waals surface area contributed by atoms with Crippen molar-refractivity contribution in [3.05, 3.63) is 88.9 Å². The number of anilines is 1. The third kappa shape index (κ3) is 5.31. The maximum Gasteiger partial charge on any atom is 0.270 e. The molecule has 0 fully saturated rings.